The van der Waals surface area contributed by atoms with Gasteiger partial charge in [-0.25, -0.2) is 4.98 Å². The second kappa shape index (κ2) is 4.96. The van der Waals surface area contributed by atoms with Gasteiger partial charge in [-0.3, -0.25) is 0 Å². The number of nitrogens with two attached hydrogens (primary N) is 1. The summed E-state index contributed by atoms with van der Waals surface area (Å²) in [7, 11) is 0. The smallest absolute Gasteiger partial charge is 0.311 e. The van der Waals surface area contributed by atoms with Crippen molar-refractivity contribution in [2.75, 3.05) is 5.73 Å². The number of fused-ring (bicyclic) bond motifs is 1. The van der Waals surface area contributed by atoms with E-state index in [1.165, 1.54) is 11.3 Å². The maximum absolute atomic E-state index is 13.1. The van der Waals surface area contributed by atoms with E-state index in [1.807, 2.05) is 5.38 Å². The predicted molar refractivity (Wildman–Crippen MR) is 69.6 cm³/mol. The zero-order valence-electron chi connectivity index (χ0n) is 10.0. The minimum atomic E-state index is -0.738. The maximum Gasteiger partial charge on any atom is 0.311 e. The number of aromatic nitrogens is 2. The van der Waals surface area contributed by atoms with E-state index in [4.69, 9.17) is 5.73 Å². The predicted octanol–water partition coefficient (Wildman–Crippen LogP) is 3.39. The Balaban J connectivity index is 2.29. The fraction of sp³-hybridized carbons (Fsp3) is 0.500. The first-order valence-electron chi connectivity index (χ1n) is 5.81. The van der Waals surface area contributed by atoms with Crippen LogP contribution >= 0.6 is 11.3 Å². The molecule has 2 aromatic heterocycles. The van der Waals surface area contributed by atoms with Crippen molar-refractivity contribution in [2.45, 2.75) is 33.1 Å². The van der Waals surface area contributed by atoms with Gasteiger partial charge >= 0.3 is 6.08 Å². The van der Waals surface area contributed by atoms with E-state index >= 15 is 0 Å². The lowest BCUT2D eigenvalue weighted by molar-refractivity contribution is 0.516. The van der Waals surface area contributed by atoms with Gasteiger partial charge in [0, 0.05) is 0 Å². The molecule has 0 spiro atoms. The highest BCUT2D eigenvalue weighted by atomic mass is 32.1. The lowest BCUT2D eigenvalue weighted by atomic mass is 10.00. The van der Waals surface area contributed by atoms with Crippen molar-refractivity contribution in [3.63, 3.8) is 0 Å². The molecule has 0 radical (unpaired) electrons. The van der Waals surface area contributed by atoms with E-state index in [2.05, 4.69) is 23.8 Å². The van der Waals surface area contributed by atoms with Crippen molar-refractivity contribution in [3.8, 4) is 0 Å². The van der Waals surface area contributed by atoms with Gasteiger partial charge in [-0.05, 0) is 29.7 Å². The molecule has 1 atom stereocenters. The monoisotopic (exact) mass is 253 g/mol. The molecule has 0 aliphatic heterocycles. The van der Waals surface area contributed by atoms with Gasteiger partial charge in [-0.1, -0.05) is 20.3 Å². The van der Waals surface area contributed by atoms with E-state index in [9.17, 15) is 4.39 Å². The minimum Gasteiger partial charge on any atom is -0.382 e. The summed E-state index contributed by atoms with van der Waals surface area (Å²) >= 11 is 1.49. The summed E-state index contributed by atoms with van der Waals surface area (Å²) in [6, 6.07) is 0. The number of hydrogen-bond donors (Lipinski definition) is 1. The first kappa shape index (κ1) is 12.2. The van der Waals surface area contributed by atoms with E-state index in [0.717, 1.165) is 29.5 Å². The Morgan fingerprint density at radius 1 is 1.47 bits per heavy atom. The summed E-state index contributed by atoms with van der Waals surface area (Å²) in [6.07, 6.45) is 2.44. The van der Waals surface area contributed by atoms with E-state index in [1.54, 1.807) is 0 Å². The van der Waals surface area contributed by atoms with Crippen LogP contribution in [0.5, 0.6) is 0 Å². The molecule has 0 fully saturated rings. The van der Waals surface area contributed by atoms with Gasteiger partial charge in [-0.15, -0.1) is 11.3 Å². The molecule has 0 saturated heterocycles. The van der Waals surface area contributed by atoms with Crippen LogP contribution in [0, 0.1) is 12.0 Å². The Hall–Kier alpha value is -1.23. The topological polar surface area (TPSA) is 51.8 Å². The summed E-state index contributed by atoms with van der Waals surface area (Å²) in [6.45, 7) is 4.40. The van der Waals surface area contributed by atoms with Gasteiger partial charge in [0.05, 0.1) is 10.2 Å². The third-order valence-corrected chi connectivity index (χ3v) is 4.13. The van der Waals surface area contributed by atoms with E-state index in [-0.39, 0.29) is 5.82 Å². The van der Waals surface area contributed by atoms with Crippen LogP contribution in [-0.4, -0.2) is 9.97 Å². The van der Waals surface area contributed by atoms with Crippen LogP contribution in [0.25, 0.3) is 10.2 Å². The minimum absolute atomic E-state index is 0.243. The van der Waals surface area contributed by atoms with Crippen LogP contribution in [0.2, 0.25) is 0 Å². The van der Waals surface area contributed by atoms with Crippen molar-refractivity contribution in [2.24, 2.45) is 5.92 Å². The van der Waals surface area contributed by atoms with Crippen LogP contribution in [0.3, 0.4) is 0 Å². The molecule has 2 rings (SSSR count). The van der Waals surface area contributed by atoms with Gasteiger partial charge < -0.3 is 5.73 Å². The normalized spacial score (nSPS) is 13.1. The lowest BCUT2D eigenvalue weighted by Crippen LogP contribution is -1.99. The highest BCUT2D eigenvalue weighted by molar-refractivity contribution is 7.17. The number of halogens is 1. The molecule has 2 heterocycles. The van der Waals surface area contributed by atoms with Crippen LogP contribution in [0.15, 0.2) is 5.38 Å². The highest BCUT2D eigenvalue weighted by Crippen LogP contribution is 2.29. The van der Waals surface area contributed by atoms with Crippen molar-refractivity contribution in [3.05, 3.63) is 17.0 Å². The maximum atomic E-state index is 13.1. The van der Waals surface area contributed by atoms with E-state index < -0.39 is 6.08 Å². The number of nitrogen functional groups attached to an aromatic ring is 1. The first-order valence-corrected chi connectivity index (χ1v) is 6.68. The summed E-state index contributed by atoms with van der Waals surface area (Å²) < 4.78 is 13.9. The number of hydrogen-bond acceptors (Lipinski definition) is 4. The van der Waals surface area contributed by atoms with E-state index in [0.29, 0.717) is 11.4 Å². The molecule has 2 aromatic rings. The molecule has 17 heavy (non-hydrogen) atoms. The zero-order valence-corrected chi connectivity index (χ0v) is 10.9. The largest absolute Gasteiger partial charge is 0.382 e. The Morgan fingerprint density at radius 3 is 2.94 bits per heavy atom. The second-order valence-electron chi connectivity index (χ2n) is 4.37. The molecule has 0 aliphatic rings. The third kappa shape index (κ3) is 2.54. The van der Waals surface area contributed by atoms with Gasteiger partial charge in [0.2, 0.25) is 0 Å². The average molecular weight is 253 g/mol. The van der Waals surface area contributed by atoms with Crippen LogP contribution < -0.4 is 5.73 Å². The number of anilines is 1. The quantitative estimate of drug-likeness (QED) is 0.850. The molecule has 5 heteroatoms. The summed E-state index contributed by atoms with van der Waals surface area (Å²) in [5.74, 6) is 0.918. The summed E-state index contributed by atoms with van der Waals surface area (Å²) in [4.78, 5) is 7.39. The Kier molecular flexibility index (Phi) is 3.57. The Morgan fingerprint density at radius 2 is 2.24 bits per heavy atom. The number of nitrogens with zero attached hydrogens (tertiary/aromatic N) is 2. The second-order valence-corrected chi connectivity index (χ2v) is 5.25. The Labute approximate surface area is 104 Å². The Bertz CT molecular complexity index is 524. The average Bonchev–Trinajstić information content (AvgIpc) is 2.69. The first-order chi connectivity index (χ1) is 8.11. The van der Waals surface area contributed by atoms with Crippen LogP contribution in [0.4, 0.5) is 10.2 Å². The van der Waals surface area contributed by atoms with Gasteiger partial charge in [0.1, 0.15) is 5.82 Å². The summed E-state index contributed by atoms with van der Waals surface area (Å²) in [5.41, 5.74) is 7.44. The van der Waals surface area contributed by atoms with Crippen molar-refractivity contribution in [1.29, 1.82) is 0 Å². The third-order valence-electron chi connectivity index (χ3n) is 3.09. The molecule has 0 saturated carbocycles. The lowest BCUT2D eigenvalue weighted by Gasteiger charge is -2.06. The number of aryl methyl sites for hydroxylation is 1. The number of thiophene rings is 1. The van der Waals surface area contributed by atoms with Crippen LogP contribution in [0.1, 0.15) is 32.3 Å². The standard InChI is InChI=1S/C12H16FN3S/c1-3-7(2)4-5-8-6-17-10-9(8)15-12(13)16-11(10)14/h6-7H,3-5H2,1-2H3,(H2,14,15,16). The summed E-state index contributed by atoms with van der Waals surface area (Å²) in [5, 5.41) is 2.01. The van der Waals surface area contributed by atoms with Crippen molar-refractivity contribution >= 4 is 27.4 Å². The molecule has 92 valence electrons. The number of rotatable bonds is 4. The van der Waals surface area contributed by atoms with Gasteiger partial charge in [0.15, 0.2) is 0 Å². The highest BCUT2D eigenvalue weighted by Gasteiger charge is 2.12. The molecule has 3 nitrogen and oxygen atoms in total. The molecule has 0 amide bonds. The van der Waals surface area contributed by atoms with Gasteiger partial charge in [0.25, 0.3) is 0 Å². The van der Waals surface area contributed by atoms with Crippen LogP contribution in [-0.2, 0) is 6.42 Å². The van der Waals surface area contributed by atoms with Crippen molar-refractivity contribution in [1.82, 2.24) is 9.97 Å². The SMILES string of the molecule is CCC(C)CCc1csc2c(N)nc(F)nc12. The molecular formula is C12H16FN3S. The molecule has 0 bridgehead atoms. The van der Waals surface area contributed by atoms with Crippen molar-refractivity contribution < 1.29 is 4.39 Å². The molecule has 1 unspecified atom stereocenters. The zero-order chi connectivity index (χ0) is 12.4. The molecule has 2 N–H and O–H groups in total. The molecule has 0 aromatic carbocycles. The fourth-order valence-corrected chi connectivity index (χ4v) is 2.69. The molecule has 0 aliphatic carbocycles. The molecular weight excluding hydrogens is 237 g/mol. The fourth-order valence-electron chi connectivity index (χ4n) is 1.74. The van der Waals surface area contributed by atoms with Gasteiger partial charge in [-0.2, -0.15) is 9.37 Å².